The van der Waals surface area contributed by atoms with Crippen LogP contribution < -0.4 is 5.76 Å². The first kappa shape index (κ1) is 20.0. The van der Waals surface area contributed by atoms with Gasteiger partial charge < -0.3 is 13.9 Å². The zero-order valence-corrected chi connectivity index (χ0v) is 15.6. The van der Waals surface area contributed by atoms with Gasteiger partial charge in [-0.15, -0.1) is 0 Å². The van der Waals surface area contributed by atoms with Crippen LogP contribution in [0.1, 0.15) is 37.9 Å². The summed E-state index contributed by atoms with van der Waals surface area (Å²) in [5, 5.41) is -4.09. The smallest absolute Gasteiger partial charge is 0.425 e. The number of fused-ring (bicyclic) bond motifs is 2. The number of halogens is 3. The number of ether oxygens (including phenoxy) is 2. The van der Waals surface area contributed by atoms with Crippen LogP contribution in [0.15, 0.2) is 21.7 Å². The quantitative estimate of drug-likeness (QED) is 0.409. The number of hydrogen-bond donors (Lipinski definition) is 0. The zero-order chi connectivity index (χ0) is 20.0. The van der Waals surface area contributed by atoms with Crippen molar-refractivity contribution in [3.8, 4) is 0 Å². The van der Waals surface area contributed by atoms with Gasteiger partial charge in [-0.3, -0.25) is 4.79 Å². The molecular formula is C17H20ClF2NO6. The summed E-state index contributed by atoms with van der Waals surface area (Å²) in [7, 11) is 0. The molecule has 2 fully saturated rings. The van der Waals surface area contributed by atoms with Crippen LogP contribution in [-0.4, -0.2) is 41.1 Å². The van der Waals surface area contributed by atoms with E-state index in [2.05, 4.69) is 16.3 Å². The largest absolute Gasteiger partial charge is 0.458 e. The lowest BCUT2D eigenvalue weighted by molar-refractivity contribution is -0.164. The Balaban J connectivity index is 1.74. The minimum Gasteiger partial charge on any atom is -0.458 e. The third-order valence-corrected chi connectivity index (χ3v) is 6.30. The second kappa shape index (κ2) is 6.70. The van der Waals surface area contributed by atoms with E-state index in [1.807, 2.05) is 13.8 Å². The van der Waals surface area contributed by atoms with Gasteiger partial charge in [-0.2, -0.15) is 8.78 Å². The molecule has 1 aromatic heterocycles. The van der Waals surface area contributed by atoms with E-state index in [1.54, 1.807) is 0 Å². The van der Waals surface area contributed by atoms with E-state index in [-0.39, 0.29) is 12.5 Å². The number of oxazole rings is 1. The Morgan fingerprint density at radius 1 is 1.41 bits per heavy atom. The Bertz CT molecular complexity index is 798. The van der Waals surface area contributed by atoms with E-state index >= 15 is 0 Å². The summed E-state index contributed by atoms with van der Waals surface area (Å²) in [5.41, 5.74) is -1.38. The van der Waals surface area contributed by atoms with E-state index < -0.39 is 46.6 Å². The van der Waals surface area contributed by atoms with Crippen LogP contribution in [-0.2, 0) is 14.3 Å². The van der Waals surface area contributed by atoms with E-state index in [0.29, 0.717) is 12.8 Å². The highest BCUT2D eigenvalue weighted by atomic mass is 35.5. The van der Waals surface area contributed by atoms with Crippen molar-refractivity contribution in [3.63, 3.8) is 0 Å². The summed E-state index contributed by atoms with van der Waals surface area (Å²) in [6.07, 6.45) is 3.83. The third kappa shape index (κ3) is 3.10. The fourth-order valence-electron chi connectivity index (χ4n) is 4.67. The predicted octanol–water partition coefficient (Wildman–Crippen LogP) is 2.67. The standard InChI is InChI=1S/C17H20ClF2NO6/c1-15(2)10-3-4-16(15,12(22)21-5-6-27-14(21)24)11(9-10)25-7-8-26-13(23)17(18,19)20/h5-6,10-11H,3-4,7-9H2,1-2H3/t10-,11-,16+/m1/s1. The van der Waals surface area contributed by atoms with E-state index in [9.17, 15) is 23.2 Å². The van der Waals surface area contributed by atoms with Crippen molar-refractivity contribution >= 4 is 23.5 Å². The fourth-order valence-corrected chi connectivity index (χ4v) is 4.72. The summed E-state index contributed by atoms with van der Waals surface area (Å²) < 4.78 is 41.0. The van der Waals surface area contributed by atoms with Crippen molar-refractivity contribution in [2.75, 3.05) is 13.2 Å². The summed E-state index contributed by atoms with van der Waals surface area (Å²) in [5.74, 6) is -2.81. The Morgan fingerprint density at radius 2 is 2.11 bits per heavy atom. The SMILES string of the molecule is CC1(C)[C@@H]2CC[C@@]1(C(=O)n1ccoc1=O)[C@H](OCCOC(=O)C(F)(F)Cl)C2. The van der Waals surface area contributed by atoms with Crippen molar-refractivity contribution in [2.45, 2.75) is 44.6 Å². The molecule has 2 saturated carbocycles. The Morgan fingerprint density at radius 3 is 2.67 bits per heavy atom. The van der Waals surface area contributed by atoms with Gasteiger partial charge in [0, 0.05) is 0 Å². The molecular weight excluding hydrogens is 388 g/mol. The topological polar surface area (TPSA) is 87.7 Å². The minimum atomic E-state index is -4.09. The first-order valence-corrected chi connectivity index (χ1v) is 8.96. The summed E-state index contributed by atoms with van der Waals surface area (Å²) in [6, 6.07) is 0. The molecule has 0 radical (unpaired) electrons. The molecule has 0 saturated heterocycles. The average Bonchev–Trinajstić information content (AvgIpc) is 3.18. The highest BCUT2D eigenvalue weighted by molar-refractivity contribution is 6.31. The van der Waals surface area contributed by atoms with Crippen LogP contribution in [0.3, 0.4) is 0 Å². The fraction of sp³-hybridized carbons (Fsp3) is 0.706. The minimum absolute atomic E-state index is 0.165. The number of carbonyl (C=O) groups is 2. The number of esters is 1. The molecule has 1 heterocycles. The molecule has 0 N–H and O–H groups in total. The van der Waals surface area contributed by atoms with Crippen LogP contribution in [0.5, 0.6) is 0 Å². The number of aromatic nitrogens is 1. The second-order valence-electron chi connectivity index (χ2n) is 7.50. The maximum Gasteiger partial charge on any atom is 0.425 e. The molecule has 7 nitrogen and oxygen atoms in total. The predicted molar refractivity (Wildman–Crippen MR) is 88.6 cm³/mol. The number of rotatable bonds is 6. The first-order chi connectivity index (χ1) is 12.5. The van der Waals surface area contributed by atoms with Crippen molar-refractivity contribution in [3.05, 3.63) is 23.0 Å². The third-order valence-electron chi connectivity index (χ3n) is 6.15. The van der Waals surface area contributed by atoms with Gasteiger partial charge >= 0.3 is 17.1 Å². The van der Waals surface area contributed by atoms with Gasteiger partial charge in [-0.25, -0.2) is 14.2 Å². The van der Waals surface area contributed by atoms with Crippen LogP contribution in [0, 0.1) is 16.7 Å². The highest BCUT2D eigenvalue weighted by Gasteiger charge is 2.69. The average molecular weight is 408 g/mol. The molecule has 1 aromatic rings. The lowest BCUT2D eigenvalue weighted by atomic mass is 9.67. The van der Waals surface area contributed by atoms with Crippen LogP contribution in [0.2, 0.25) is 0 Å². The molecule has 10 heteroatoms. The maximum atomic E-state index is 13.2. The zero-order valence-electron chi connectivity index (χ0n) is 14.9. The van der Waals surface area contributed by atoms with Crippen LogP contribution in [0.4, 0.5) is 8.78 Å². The summed E-state index contributed by atoms with van der Waals surface area (Å²) >= 11 is 4.58. The van der Waals surface area contributed by atoms with Gasteiger partial charge in [-0.05, 0) is 42.2 Å². The van der Waals surface area contributed by atoms with Crippen LogP contribution >= 0.6 is 11.6 Å². The van der Waals surface area contributed by atoms with Gasteiger partial charge in [0.2, 0.25) is 5.91 Å². The monoisotopic (exact) mass is 407 g/mol. The molecule has 3 rings (SSSR count). The number of alkyl halides is 3. The molecule has 0 aliphatic heterocycles. The Labute approximate surface area is 158 Å². The van der Waals surface area contributed by atoms with E-state index in [1.165, 1.54) is 6.20 Å². The molecule has 0 aromatic carbocycles. The number of hydrogen-bond acceptors (Lipinski definition) is 6. The van der Waals surface area contributed by atoms with Crippen molar-refractivity contribution in [1.82, 2.24) is 4.57 Å². The second-order valence-corrected chi connectivity index (χ2v) is 7.98. The molecule has 0 amide bonds. The number of carbonyl (C=O) groups excluding carboxylic acids is 2. The van der Waals surface area contributed by atoms with E-state index in [4.69, 9.17) is 9.15 Å². The molecule has 3 atom stereocenters. The lowest BCUT2D eigenvalue weighted by Gasteiger charge is -2.40. The van der Waals surface area contributed by atoms with Crippen molar-refractivity contribution in [1.29, 1.82) is 0 Å². The molecule has 2 aliphatic rings. The normalized spacial score (nSPS) is 29.1. The summed E-state index contributed by atoms with van der Waals surface area (Å²) in [6.45, 7) is 3.34. The van der Waals surface area contributed by atoms with Gasteiger partial charge in [0.05, 0.1) is 24.3 Å². The summed E-state index contributed by atoms with van der Waals surface area (Å²) in [4.78, 5) is 36.1. The maximum absolute atomic E-state index is 13.2. The van der Waals surface area contributed by atoms with E-state index in [0.717, 1.165) is 17.3 Å². The van der Waals surface area contributed by atoms with Gasteiger partial charge in [0.1, 0.15) is 12.9 Å². The van der Waals surface area contributed by atoms with Gasteiger partial charge in [-0.1, -0.05) is 13.8 Å². The first-order valence-electron chi connectivity index (χ1n) is 8.58. The molecule has 2 aliphatic carbocycles. The molecule has 2 bridgehead atoms. The van der Waals surface area contributed by atoms with Crippen LogP contribution in [0.25, 0.3) is 0 Å². The molecule has 150 valence electrons. The molecule has 0 unspecified atom stereocenters. The Hall–Kier alpha value is -1.74. The van der Waals surface area contributed by atoms with Crippen molar-refractivity contribution in [2.24, 2.45) is 16.7 Å². The lowest BCUT2D eigenvalue weighted by Crippen LogP contribution is -2.51. The van der Waals surface area contributed by atoms with Gasteiger partial charge in [0.25, 0.3) is 0 Å². The molecule has 27 heavy (non-hydrogen) atoms. The number of nitrogens with zero attached hydrogens (tertiary/aromatic N) is 1. The highest BCUT2D eigenvalue weighted by Crippen LogP contribution is 2.67. The molecule has 0 spiro atoms. The Kier molecular flexibility index (Phi) is 4.96. The van der Waals surface area contributed by atoms with Gasteiger partial charge in [0.15, 0.2) is 0 Å². The van der Waals surface area contributed by atoms with Crippen molar-refractivity contribution < 1.29 is 32.3 Å².